The standard InChI is InChI=1S/C33H65N2O6P/c1-6-8-10-12-14-15-16-17-18-19-20-21-23-25-27-33(37)34-31(32(36)26-24-22-13-11-9-7-2)30-41-42(38,39)40-29-28-35(3,4)5/h16-17,24,26,31-32,36H,6-15,18-23,25,27-30H2,1-5H3,(H-,34,37,38,39)/p+1/b17-16-,26-24+. The van der Waals surface area contributed by atoms with Crippen molar-refractivity contribution in [2.24, 2.45) is 0 Å². The maximum Gasteiger partial charge on any atom is 0.472 e. The highest BCUT2D eigenvalue weighted by atomic mass is 31.2. The van der Waals surface area contributed by atoms with Crippen molar-refractivity contribution in [3.63, 3.8) is 0 Å². The Morgan fingerprint density at radius 3 is 1.86 bits per heavy atom. The quantitative estimate of drug-likeness (QED) is 0.0342. The van der Waals surface area contributed by atoms with Gasteiger partial charge in [0.2, 0.25) is 5.91 Å². The fraction of sp³-hybridized carbons (Fsp3) is 0.848. The first-order valence-electron chi connectivity index (χ1n) is 16.7. The summed E-state index contributed by atoms with van der Waals surface area (Å²) in [5.41, 5.74) is 0. The third-order valence-corrected chi connectivity index (χ3v) is 8.15. The average molecular weight is 618 g/mol. The fourth-order valence-electron chi connectivity index (χ4n) is 4.38. The van der Waals surface area contributed by atoms with Crippen LogP contribution in [0, 0.1) is 0 Å². The molecule has 0 rings (SSSR count). The topological polar surface area (TPSA) is 105 Å². The monoisotopic (exact) mass is 617 g/mol. The SMILES string of the molecule is CCCCCC/C=C/C(O)C(COP(=O)(O)OCC[N+](C)(C)C)NC(=O)CCCCCCC/C=C\CCCCCCC. The molecule has 0 bridgehead atoms. The summed E-state index contributed by atoms with van der Waals surface area (Å²) >= 11 is 0. The molecule has 0 spiro atoms. The number of aliphatic hydroxyl groups is 1. The van der Waals surface area contributed by atoms with Crippen molar-refractivity contribution < 1.29 is 32.9 Å². The number of phosphoric acid groups is 1. The maximum absolute atomic E-state index is 12.7. The number of carbonyl (C=O) groups is 1. The minimum Gasteiger partial charge on any atom is -0.387 e. The van der Waals surface area contributed by atoms with Crippen LogP contribution in [0.15, 0.2) is 24.3 Å². The highest BCUT2D eigenvalue weighted by Crippen LogP contribution is 2.43. The Balaban J connectivity index is 4.49. The van der Waals surface area contributed by atoms with Crippen LogP contribution in [0.3, 0.4) is 0 Å². The molecule has 0 aromatic rings. The van der Waals surface area contributed by atoms with Crippen molar-refractivity contribution in [3.8, 4) is 0 Å². The number of rotatable bonds is 29. The van der Waals surface area contributed by atoms with Gasteiger partial charge in [-0.3, -0.25) is 13.8 Å². The number of amides is 1. The Kier molecular flexibility index (Phi) is 25.7. The molecule has 8 nitrogen and oxygen atoms in total. The van der Waals surface area contributed by atoms with Gasteiger partial charge >= 0.3 is 7.82 Å². The summed E-state index contributed by atoms with van der Waals surface area (Å²) in [6.45, 7) is 4.68. The molecule has 0 aliphatic heterocycles. The van der Waals surface area contributed by atoms with Crippen LogP contribution in [0.2, 0.25) is 0 Å². The summed E-state index contributed by atoms with van der Waals surface area (Å²) in [5, 5.41) is 13.5. The van der Waals surface area contributed by atoms with Gasteiger partial charge in [-0.15, -0.1) is 0 Å². The predicted octanol–water partition coefficient (Wildman–Crippen LogP) is 7.85. The second-order valence-corrected chi connectivity index (χ2v) is 14.0. The van der Waals surface area contributed by atoms with Crippen molar-refractivity contribution in [2.45, 2.75) is 142 Å². The zero-order valence-electron chi connectivity index (χ0n) is 27.7. The van der Waals surface area contributed by atoms with E-state index in [-0.39, 0.29) is 19.1 Å². The lowest BCUT2D eigenvalue weighted by molar-refractivity contribution is -0.870. The zero-order chi connectivity index (χ0) is 31.5. The van der Waals surface area contributed by atoms with Crippen molar-refractivity contribution >= 4 is 13.7 Å². The zero-order valence-corrected chi connectivity index (χ0v) is 28.6. The van der Waals surface area contributed by atoms with Gasteiger partial charge in [-0.1, -0.05) is 102 Å². The van der Waals surface area contributed by atoms with E-state index in [1.807, 2.05) is 27.2 Å². The molecule has 1 amide bonds. The largest absolute Gasteiger partial charge is 0.472 e. The van der Waals surface area contributed by atoms with Gasteiger partial charge in [0.1, 0.15) is 13.2 Å². The summed E-state index contributed by atoms with van der Waals surface area (Å²) < 4.78 is 23.2. The Labute approximate surface area is 258 Å². The van der Waals surface area contributed by atoms with E-state index in [0.29, 0.717) is 17.4 Å². The number of allylic oxidation sites excluding steroid dienone is 3. The Morgan fingerprint density at radius 1 is 0.786 bits per heavy atom. The fourth-order valence-corrected chi connectivity index (χ4v) is 5.12. The van der Waals surface area contributed by atoms with E-state index in [1.165, 1.54) is 51.4 Å². The summed E-state index contributed by atoms with van der Waals surface area (Å²) in [7, 11) is 1.56. The molecule has 0 heterocycles. The van der Waals surface area contributed by atoms with E-state index in [1.54, 1.807) is 6.08 Å². The highest BCUT2D eigenvalue weighted by molar-refractivity contribution is 7.47. The van der Waals surface area contributed by atoms with E-state index in [0.717, 1.165) is 57.8 Å². The molecule has 0 saturated carbocycles. The lowest BCUT2D eigenvalue weighted by atomic mass is 10.1. The lowest BCUT2D eigenvalue weighted by Crippen LogP contribution is -2.45. The molecule has 9 heteroatoms. The number of hydrogen-bond acceptors (Lipinski definition) is 5. The number of nitrogens with one attached hydrogen (secondary N) is 1. The smallest absolute Gasteiger partial charge is 0.387 e. The number of unbranched alkanes of at least 4 members (excludes halogenated alkanes) is 14. The number of hydrogen-bond donors (Lipinski definition) is 3. The Bertz CT molecular complexity index is 753. The Morgan fingerprint density at radius 2 is 1.29 bits per heavy atom. The van der Waals surface area contributed by atoms with Crippen molar-refractivity contribution in [1.82, 2.24) is 5.32 Å². The van der Waals surface area contributed by atoms with Gasteiger partial charge in [0.15, 0.2) is 0 Å². The van der Waals surface area contributed by atoms with Crippen LogP contribution in [0.4, 0.5) is 0 Å². The van der Waals surface area contributed by atoms with Crippen LogP contribution < -0.4 is 5.32 Å². The predicted molar refractivity (Wildman–Crippen MR) is 175 cm³/mol. The van der Waals surface area contributed by atoms with Gasteiger partial charge in [0.05, 0.1) is 39.9 Å². The number of quaternary nitrogens is 1. The third kappa shape index (κ3) is 27.8. The van der Waals surface area contributed by atoms with E-state index >= 15 is 0 Å². The molecule has 248 valence electrons. The summed E-state index contributed by atoms with van der Waals surface area (Å²) in [6.07, 6.45) is 26.9. The van der Waals surface area contributed by atoms with E-state index in [2.05, 4.69) is 31.3 Å². The normalized spacial score (nSPS) is 15.3. The maximum atomic E-state index is 12.7. The molecule has 0 saturated heterocycles. The second-order valence-electron chi connectivity index (χ2n) is 12.5. The van der Waals surface area contributed by atoms with Crippen LogP contribution in [0.1, 0.15) is 129 Å². The molecule has 0 aliphatic rings. The number of nitrogens with zero attached hydrogens (tertiary/aromatic N) is 1. The third-order valence-electron chi connectivity index (χ3n) is 7.17. The minimum atomic E-state index is -4.31. The first-order chi connectivity index (χ1) is 20.0. The number of aliphatic hydroxyl groups excluding tert-OH is 1. The minimum absolute atomic E-state index is 0.0595. The molecule has 0 aromatic heterocycles. The lowest BCUT2D eigenvalue weighted by Gasteiger charge is -2.25. The summed E-state index contributed by atoms with van der Waals surface area (Å²) in [4.78, 5) is 22.8. The number of likely N-dealkylation sites (N-methyl/N-ethyl adjacent to an activating group) is 1. The van der Waals surface area contributed by atoms with Crippen LogP contribution in [-0.2, 0) is 18.4 Å². The molecular weight excluding hydrogens is 551 g/mol. The van der Waals surface area contributed by atoms with Gasteiger partial charge < -0.3 is 19.8 Å². The van der Waals surface area contributed by atoms with Crippen LogP contribution in [0.25, 0.3) is 0 Å². The molecular formula is C33H66N2O6P+. The van der Waals surface area contributed by atoms with Gasteiger partial charge in [0.25, 0.3) is 0 Å². The number of phosphoric ester groups is 1. The molecule has 3 atom stereocenters. The van der Waals surface area contributed by atoms with Crippen LogP contribution in [-0.4, -0.2) is 73.4 Å². The van der Waals surface area contributed by atoms with Gasteiger partial charge in [-0.05, 0) is 44.9 Å². The summed E-state index contributed by atoms with van der Waals surface area (Å²) in [6, 6.07) is -0.842. The average Bonchev–Trinajstić information content (AvgIpc) is 2.92. The summed E-state index contributed by atoms with van der Waals surface area (Å²) in [5.74, 6) is -0.195. The van der Waals surface area contributed by atoms with Gasteiger partial charge in [0, 0.05) is 6.42 Å². The first kappa shape index (κ1) is 41.0. The van der Waals surface area contributed by atoms with Crippen molar-refractivity contribution in [1.29, 1.82) is 0 Å². The van der Waals surface area contributed by atoms with Crippen molar-refractivity contribution in [2.75, 3.05) is 40.9 Å². The molecule has 0 radical (unpaired) electrons. The number of carbonyl (C=O) groups excluding carboxylic acids is 1. The van der Waals surface area contributed by atoms with E-state index in [9.17, 15) is 19.4 Å². The van der Waals surface area contributed by atoms with Crippen molar-refractivity contribution in [3.05, 3.63) is 24.3 Å². The van der Waals surface area contributed by atoms with E-state index in [4.69, 9.17) is 9.05 Å². The molecule has 3 unspecified atom stereocenters. The second kappa shape index (κ2) is 26.4. The van der Waals surface area contributed by atoms with Crippen LogP contribution in [0.5, 0.6) is 0 Å². The molecule has 0 fully saturated rings. The van der Waals surface area contributed by atoms with E-state index < -0.39 is 20.0 Å². The molecule has 0 aliphatic carbocycles. The first-order valence-corrected chi connectivity index (χ1v) is 18.2. The molecule has 0 aromatic carbocycles. The molecule has 3 N–H and O–H groups in total. The Hall–Kier alpha value is -1.02. The van der Waals surface area contributed by atoms with Gasteiger partial charge in [-0.2, -0.15) is 0 Å². The molecule has 42 heavy (non-hydrogen) atoms. The highest BCUT2D eigenvalue weighted by Gasteiger charge is 2.27. The van der Waals surface area contributed by atoms with Gasteiger partial charge in [-0.25, -0.2) is 4.57 Å². The van der Waals surface area contributed by atoms with Crippen LogP contribution >= 0.6 is 7.82 Å².